The van der Waals surface area contributed by atoms with E-state index in [-0.39, 0.29) is 17.5 Å². The van der Waals surface area contributed by atoms with Crippen molar-refractivity contribution in [3.8, 4) is 5.75 Å². The van der Waals surface area contributed by atoms with Gasteiger partial charge in [0, 0.05) is 18.8 Å². The predicted molar refractivity (Wildman–Crippen MR) is 92.3 cm³/mol. The Morgan fingerprint density at radius 1 is 1.38 bits per heavy atom. The first-order chi connectivity index (χ1) is 12.5. The average molecular weight is 374 g/mol. The number of benzene rings is 1. The third-order valence-electron chi connectivity index (χ3n) is 4.88. The molecule has 2 aliphatic rings. The zero-order chi connectivity index (χ0) is 18.0. The van der Waals surface area contributed by atoms with Gasteiger partial charge >= 0.3 is 0 Å². The Kier molecular flexibility index (Phi) is 3.14. The van der Waals surface area contributed by atoms with Gasteiger partial charge in [0.2, 0.25) is 0 Å². The van der Waals surface area contributed by atoms with Gasteiger partial charge in [-0.3, -0.25) is 4.79 Å². The van der Waals surface area contributed by atoms with Crippen molar-refractivity contribution in [1.29, 1.82) is 0 Å². The quantitative estimate of drug-likeness (QED) is 0.654. The molecule has 9 heteroatoms. The van der Waals surface area contributed by atoms with Crippen molar-refractivity contribution in [1.82, 2.24) is 19.9 Å². The van der Waals surface area contributed by atoms with Crippen molar-refractivity contribution >= 4 is 29.0 Å². The molecule has 0 saturated carbocycles. The van der Waals surface area contributed by atoms with Crippen LogP contribution < -0.4 is 15.0 Å². The van der Waals surface area contributed by atoms with Gasteiger partial charge < -0.3 is 15.0 Å². The lowest BCUT2D eigenvalue weighted by atomic mass is 9.94. The number of nitrogens with zero attached hydrogens (tertiary/aromatic N) is 4. The number of carbonyl (C=O) groups is 1. The Labute approximate surface area is 152 Å². The van der Waals surface area contributed by atoms with Gasteiger partial charge in [-0.25, -0.2) is 13.9 Å². The number of aromatic nitrogens is 3. The number of carbonyl (C=O) groups excluding carboxylic acids is 1. The number of likely N-dealkylation sites (N-methyl/N-ethyl adjacent to an activating group) is 1. The second-order valence-corrected chi connectivity index (χ2v) is 6.71. The molecule has 1 amide bonds. The minimum absolute atomic E-state index is 0.0124. The van der Waals surface area contributed by atoms with E-state index in [2.05, 4.69) is 15.4 Å². The van der Waals surface area contributed by atoms with Crippen LogP contribution in [0.4, 0.5) is 10.2 Å². The molecule has 0 radical (unpaired) electrons. The molecule has 2 atom stereocenters. The van der Waals surface area contributed by atoms with Crippen molar-refractivity contribution in [3.63, 3.8) is 0 Å². The van der Waals surface area contributed by atoms with Crippen LogP contribution in [-0.4, -0.2) is 40.2 Å². The van der Waals surface area contributed by atoms with Crippen molar-refractivity contribution in [2.75, 3.05) is 18.6 Å². The number of hydrogen-bond acceptors (Lipinski definition) is 5. The molecule has 1 N–H and O–H groups in total. The molecule has 0 aliphatic carbocycles. The first-order valence-corrected chi connectivity index (χ1v) is 8.41. The van der Waals surface area contributed by atoms with E-state index in [1.54, 1.807) is 22.8 Å². The normalized spacial score (nSPS) is 21.3. The third kappa shape index (κ3) is 2.02. The van der Waals surface area contributed by atoms with Gasteiger partial charge in [0.1, 0.15) is 29.6 Å². The molecule has 0 saturated heterocycles. The van der Waals surface area contributed by atoms with Crippen LogP contribution in [0.1, 0.15) is 22.0 Å². The van der Waals surface area contributed by atoms with E-state index in [0.29, 0.717) is 28.3 Å². The van der Waals surface area contributed by atoms with Crippen LogP contribution in [0, 0.1) is 5.82 Å². The minimum Gasteiger partial charge on any atom is -0.491 e. The van der Waals surface area contributed by atoms with E-state index in [9.17, 15) is 9.18 Å². The minimum atomic E-state index is -0.533. The van der Waals surface area contributed by atoms with Crippen LogP contribution in [0.5, 0.6) is 5.75 Å². The summed E-state index contributed by atoms with van der Waals surface area (Å²) in [6.07, 6.45) is 3.21. The Morgan fingerprint density at radius 3 is 3.08 bits per heavy atom. The highest BCUT2D eigenvalue weighted by molar-refractivity contribution is 6.31. The first-order valence-electron chi connectivity index (χ1n) is 8.03. The fourth-order valence-electron chi connectivity index (χ4n) is 3.61. The van der Waals surface area contributed by atoms with Crippen LogP contribution >= 0.6 is 11.6 Å². The van der Waals surface area contributed by atoms with Crippen LogP contribution in [0.3, 0.4) is 0 Å². The molecule has 5 rings (SSSR count). The van der Waals surface area contributed by atoms with E-state index in [4.69, 9.17) is 16.3 Å². The number of fused-ring (bicyclic) bond motifs is 4. The molecule has 1 aromatic carbocycles. The Hall–Kier alpha value is -2.87. The molecule has 4 heterocycles. The maximum Gasteiger partial charge on any atom is 0.257 e. The number of rotatable bonds is 0. The van der Waals surface area contributed by atoms with Crippen LogP contribution in [-0.2, 0) is 0 Å². The number of amides is 1. The second-order valence-electron chi connectivity index (χ2n) is 6.33. The number of nitrogens with one attached hydrogen (secondary N) is 1. The summed E-state index contributed by atoms with van der Waals surface area (Å²) in [4.78, 5) is 19.2. The Bertz CT molecular complexity index is 1070. The van der Waals surface area contributed by atoms with E-state index >= 15 is 0 Å². The highest BCUT2D eigenvalue weighted by Crippen LogP contribution is 2.43. The molecule has 2 unspecified atom stereocenters. The smallest absolute Gasteiger partial charge is 0.257 e. The first kappa shape index (κ1) is 15.4. The lowest BCUT2D eigenvalue weighted by Gasteiger charge is -2.40. The summed E-state index contributed by atoms with van der Waals surface area (Å²) in [6.45, 7) is 0.232. The largest absolute Gasteiger partial charge is 0.491 e. The van der Waals surface area contributed by atoms with E-state index < -0.39 is 17.9 Å². The highest BCUT2D eigenvalue weighted by Gasteiger charge is 2.39. The van der Waals surface area contributed by atoms with Gasteiger partial charge in [0.25, 0.3) is 5.91 Å². The molecule has 7 nitrogen and oxygen atoms in total. The fraction of sp³-hybridized carbons (Fsp3) is 0.235. The summed E-state index contributed by atoms with van der Waals surface area (Å²) in [5, 5.41) is 7.09. The number of halogens is 2. The molecular formula is C17H13ClFN5O2. The molecule has 0 spiro atoms. The maximum absolute atomic E-state index is 14.1. The van der Waals surface area contributed by atoms with Gasteiger partial charge in [-0.15, -0.1) is 0 Å². The maximum atomic E-state index is 14.1. The summed E-state index contributed by atoms with van der Waals surface area (Å²) in [5.74, 6) is 0.282. The van der Waals surface area contributed by atoms with Gasteiger partial charge in [-0.1, -0.05) is 11.6 Å². The summed E-state index contributed by atoms with van der Waals surface area (Å²) in [5.41, 5.74) is 1.33. The number of anilines is 1. The SMILES string of the molecule is CN1c2ccn3ncc(c3n2)C(=O)NC2COc3ccc(F)c(Cl)c3C21. The summed E-state index contributed by atoms with van der Waals surface area (Å²) >= 11 is 6.27. The molecule has 2 aliphatic heterocycles. The van der Waals surface area contributed by atoms with Gasteiger partial charge in [-0.2, -0.15) is 5.10 Å². The van der Waals surface area contributed by atoms with Crippen LogP contribution in [0.25, 0.3) is 5.65 Å². The summed E-state index contributed by atoms with van der Waals surface area (Å²) in [6, 6.07) is 3.75. The molecule has 132 valence electrons. The highest BCUT2D eigenvalue weighted by atomic mass is 35.5. The monoisotopic (exact) mass is 373 g/mol. The number of ether oxygens (including phenoxy) is 1. The van der Waals surface area contributed by atoms with Gasteiger partial charge in [-0.05, 0) is 18.2 Å². The van der Waals surface area contributed by atoms with Crippen molar-refractivity contribution in [3.05, 3.63) is 52.6 Å². The second kappa shape index (κ2) is 5.31. The zero-order valence-corrected chi connectivity index (χ0v) is 14.4. The van der Waals surface area contributed by atoms with E-state index in [1.807, 2.05) is 11.9 Å². The Morgan fingerprint density at radius 2 is 2.23 bits per heavy atom. The topological polar surface area (TPSA) is 71.8 Å². The molecular weight excluding hydrogens is 361 g/mol. The summed E-state index contributed by atoms with van der Waals surface area (Å²) < 4.78 is 21.4. The lowest BCUT2D eigenvalue weighted by molar-refractivity contribution is 0.0903. The Balaban J connectivity index is 1.75. The molecule has 26 heavy (non-hydrogen) atoms. The molecule has 2 bridgehead atoms. The van der Waals surface area contributed by atoms with Gasteiger partial charge in [0.15, 0.2) is 5.65 Å². The van der Waals surface area contributed by atoms with Crippen LogP contribution in [0.2, 0.25) is 5.02 Å². The van der Waals surface area contributed by atoms with Crippen molar-refractivity contribution < 1.29 is 13.9 Å². The number of hydrogen-bond donors (Lipinski definition) is 1. The van der Waals surface area contributed by atoms with Crippen molar-refractivity contribution in [2.45, 2.75) is 12.1 Å². The zero-order valence-electron chi connectivity index (χ0n) is 13.6. The standard InChI is InChI=1S/C17H13ClFN5O2/c1-23-12-4-5-24-16(22-12)8(6-20-24)17(25)21-10-7-26-11-3-2-9(19)14(18)13(11)15(10)23/h2-6,10,15H,7H2,1H3,(H,21,25). The predicted octanol–water partition coefficient (Wildman–Crippen LogP) is 2.20. The third-order valence-corrected chi connectivity index (χ3v) is 5.27. The molecule has 0 fully saturated rings. The summed E-state index contributed by atoms with van der Waals surface area (Å²) in [7, 11) is 1.83. The molecule has 2 aromatic heterocycles. The lowest BCUT2D eigenvalue weighted by Crippen LogP contribution is -2.50. The fourth-order valence-corrected chi connectivity index (χ4v) is 3.88. The molecule has 3 aromatic rings. The van der Waals surface area contributed by atoms with E-state index in [0.717, 1.165) is 0 Å². The van der Waals surface area contributed by atoms with E-state index in [1.165, 1.54) is 12.3 Å². The van der Waals surface area contributed by atoms with Gasteiger partial charge in [0.05, 0.1) is 23.3 Å². The average Bonchev–Trinajstić information content (AvgIpc) is 3.07. The van der Waals surface area contributed by atoms with Crippen molar-refractivity contribution in [2.24, 2.45) is 0 Å². The van der Waals surface area contributed by atoms with Crippen LogP contribution in [0.15, 0.2) is 30.6 Å².